The molecule has 0 spiro atoms. The van der Waals surface area contributed by atoms with Gasteiger partial charge >= 0.3 is 0 Å². The lowest BCUT2D eigenvalue weighted by molar-refractivity contribution is -0.130. The maximum Gasteiger partial charge on any atom is 0.227 e. The highest BCUT2D eigenvalue weighted by molar-refractivity contribution is 7.22. The molecule has 0 bridgehead atoms. The Balaban J connectivity index is 1.32. The van der Waals surface area contributed by atoms with Crippen molar-refractivity contribution in [1.82, 2.24) is 19.7 Å². The number of fused-ring (bicyclic) bond motifs is 1. The van der Waals surface area contributed by atoms with Crippen molar-refractivity contribution >= 4 is 32.7 Å². The molecule has 1 aliphatic rings. The predicted molar refractivity (Wildman–Crippen MR) is 130 cm³/mol. The molecule has 4 aromatic rings. The third kappa shape index (κ3) is 4.48. The number of hydrogen-bond acceptors (Lipinski definition) is 5. The summed E-state index contributed by atoms with van der Waals surface area (Å²) in [5.41, 5.74) is 4.75. The van der Waals surface area contributed by atoms with Gasteiger partial charge < -0.3 is 9.80 Å². The van der Waals surface area contributed by atoms with Crippen molar-refractivity contribution in [2.45, 2.75) is 26.7 Å². The van der Waals surface area contributed by atoms with Gasteiger partial charge in [0.25, 0.3) is 0 Å². The number of aromatic nitrogens is 3. The van der Waals surface area contributed by atoms with Crippen LogP contribution in [0.5, 0.6) is 0 Å². The van der Waals surface area contributed by atoms with Crippen molar-refractivity contribution in [2.24, 2.45) is 0 Å². The van der Waals surface area contributed by atoms with E-state index in [2.05, 4.69) is 24.0 Å². The van der Waals surface area contributed by atoms with Crippen LogP contribution in [0.15, 0.2) is 48.5 Å². The summed E-state index contributed by atoms with van der Waals surface area (Å²) in [6, 6.07) is 14.5. The highest BCUT2D eigenvalue weighted by Gasteiger charge is 2.23. The first-order valence-corrected chi connectivity index (χ1v) is 12.0. The Labute approximate surface area is 196 Å². The fourth-order valence-corrected chi connectivity index (χ4v) is 5.33. The smallest absolute Gasteiger partial charge is 0.227 e. The molecule has 1 aliphatic heterocycles. The van der Waals surface area contributed by atoms with Gasteiger partial charge in [-0.15, -0.1) is 0 Å². The van der Waals surface area contributed by atoms with Gasteiger partial charge in [-0.25, -0.2) is 9.07 Å². The Morgan fingerprint density at radius 2 is 1.91 bits per heavy atom. The van der Waals surface area contributed by atoms with Gasteiger partial charge in [0.1, 0.15) is 5.82 Å². The Morgan fingerprint density at radius 1 is 1.06 bits per heavy atom. The van der Waals surface area contributed by atoms with Gasteiger partial charge in [-0.2, -0.15) is 10.1 Å². The summed E-state index contributed by atoms with van der Waals surface area (Å²) < 4.78 is 16.5. The van der Waals surface area contributed by atoms with Crippen LogP contribution in [-0.4, -0.2) is 51.8 Å². The van der Waals surface area contributed by atoms with Crippen LogP contribution in [-0.2, 0) is 11.2 Å². The number of carbonyl (C=O) groups excluding carboxylic acids is 1. The molecule has 2 aromatic carbocycles. The zero-order chi connectivity index (χ0) is 22.9. The minimum absolute atomic E-state index is 0.0395. The molecule has 0 aliphatic carbocycles. The summed E-state index contributed by atoms with van der Waals surface area (Å²) in [6.07, 6.45) is 1.10. The van der Waals surface area contributed by atoms with E-state index in [4.69, 9.17) is 10.1 Å². The molecule has 0 atom stereocenters. The van der Waals surface area contributed by atoms with Crippen LogP contribution in [0, 0.1) is 19.7 Å². The summed E-state index contributed by atoms with van der Waals surface area (Å²) >= 11 is 1.66. The van der Waals surface area contributed by atoms with Crippen molar-refractivity contribution < 1.29 is 9.18 Å². The van der Waals surface area contributed by atoms with Crippen molar-refractivity contribution in [2.75, 3.05) is 31.1 Å². The first-order valence-electron chi connectivity index (χ1n) is 11.2. The summed E-state index contributed by atoms with van der Waals surface area (Å²) in [5, 5.41) is 5.68. The summed E-state index contributed by atoms with van der Waals surface area (Å²) in [6.45, 7) is 6.99. The number of aryl methyl sites for hydroxylation is 2. The molecule has 5 rings (SSSR count). The lowest BCUT2D eigenvalue weighted by atomic mass is 10.1. The van der Waals surface area contributed by atoms with E-state index >= 15 is 0 Å². The fraction of sp³-hybridized carbons (Fsp3) is 0.320. The Morgan fingerprint density at radius 3 is 2.73 bits per heavy atom. The van der Waals surface area contributed by atoms with Crippen LogP contribution < -0.4 is 4.90 Å². The third-order valence-corrected chi connectivity index (χ3v) is 7.20. The van der Waals surface area contributed by atoms with E-state index in [9.17, 15) is 9.18 Å². The van der Waals surface area contributed by atoms with Gasteiger partial charge in [-0.3, -0.25) is 4.79 Å². The second-order valence-corrected chi connectivity index (χ2v) is 9.49. The predicted octanol–water partition coefficient (Wildman–Crippen LogP) is 4.52. The largest absolute Gasteiger partial charge is 0.346 e. The highest BCUT2D eigenvalue weighted by Crippen LogP contribution is 2.33. The molecule has 33 heavy (non-hydrogen) atoms. The van der Waals surface area contributed by atoms with Crippen molar-refractivity contribution in [3.8, 4) is 5.69 Å². The van der Waals surface area contributed by atoms with Gasteiger partial charge in [0.05, 0.1) is 22.5 Å². The number of nitrogens with zero attached hydrogens (tertiary/aromatic N) is 5. The Hall–Kier alpha value is -3.26. The van der Waals surface area contributed by atoms with E-state index in [-0.39, 0.29) is 18.1 Å². The minimum atomic E-state index is -0.308. The second-order valence-electron chi connectivity index (χ2n) is 8.51. The van der Waals surface area contributed by atoms with Crippen molar-refractivity contribution in [3.63, 3.8) is 0 Å². The van der Waals surface area contributed by atoms with E-state index in [0.717, 1.165) is 46.4 Å². The van der Waals surface area contributed by atoms with Gasteiger partial charge in [-0.1, -0.05) is 35.6 Å². The standard InChI is InChI=1S/C25H26FN5OS/c1-17-6-3-9-21(14-17)31-24-23(18(2)28-31)33-25(27-24)30-11-5-10-29(12-13-30)22(32)16-19-7-4-8-20(26)15-19/h3-4,6-9,14-15H,5,10-13,16H2,1-2H3. The zero-order valence-electron chi connectivity index (χ0n) is 18.8. The molecule has 2 aromatic heterocycles. The average molecular weight is 464 g/mol. The van der Waals surface area contributed by atoms with E-state index in [0.29, 0.717) is 18.7 Å². The van der Waals surface area contributed by atoms with Crippen molar-refractivity contribution in [3.05, 3.63) is 71.2 Å². The molecule has 6 nitrogen and oxygen atoms in total. The van der Waals surface area contributed by atoms with E-state index in [1.54, 1.807) is 23.5 Å². The van der Waals surface area contributed by atoms with Gasteiger partial charge in [-0.05, 0) is 55.7 Å². The maximum absolute atomic E-state index is 13.5. The maximum atomic E-state index is 13.5. The fourth-order valence-electron chi connectivity index (χ4n) is 4.29. The van der Waals surface area contributed by atoms with Gasteiger partial charge in [0, 0.05) is 26.2 Å². The number of thiazole rings is 1. The molecular formula is C25H26FN5OS. The number of benzene rings is 2. The van der Waals surface area contributed by atoms with Gasteiger partial charge in [0.2, 0.25) is 5.91 Å². The topological polar surface area (TPSA) is 54.3 Å². The first kappa shape index (κ1) is 21.6. The number of amides is 1. The molecule has 0 radical (unpaired) electrons. The number of anilines is 1. The minimum Gasteiger partial charge on any atom is -0.346 e. The van der Waals surface area contributed by atoms with Crippen LogP contribution in [0.3, 0.4) is 0 Å². The SMILES string of the molecule is Cc1cccc(-n2nc(C)c3sc(N4CCCN(C(=O)Cc5cccc(F)c5)CC4)nc32)c1. The summed E-state index contributed by atoms with van der Waals surface area (Å²) in [7, 11) is 0. The molecule has 8 heteroatoms. The first-order chi connectivity index (χ1) is 16.0. The quantitative estimate of drug-likeness (QED) is 0.447. The molecular weight excluding hydrogens is 437 g/mol. The highest BCUT2D eigenvalue weighted by atomic mass is 32.1. The molecule has 0 unspecified atom stereocenters. The number of halogens is 1. The van der Waals surface area contributed by atoms with E-state index < -0.39 is 0 Å². The average Bonchev–Trinajstić information content (AvgIpc) is 3.24. The number of rotatable bonds is 4. The molecule has 3 heterocycles. The van der Waals surface area contributed by atoms with E-state index in [1.807, 2.05) is 28.6 Å². The number of hydrogen-bond donors (Lipinski definition) is 0. The van der Waals surface area contributed by atoms with Crippen LogP contribution >= 0.6 is 11.3 Å². The Kier molecular flexibility index (Phi) is 5.85. The Bertz CT molecular complexity index is 1310. The third-order valence-electron chi connectivity index (χ3n) is 5.99. The lowest BCUT2D eigenvalue weighted by Gasteiger charge is -2.21. The summed E-state index contributed by atoms with van der Waals surface area (Å²) in [4.78, 5) is 21.9. The molecule has 0 N–H and O–H groups in total. The van der Waals surface area contributed by atoms with Crippen molar-refractivity contribution in [1.29, 1.82) is 0 Å². The number of carbonyl (C=O) groups is 1. The normalized spacial score (nSPS) is 14.6. The summed E-state index contributed by atoms with van der Waals surface area (Å²) in [5.74, 6) is -0.268. The van der Waals surface area contributed by atoms with Crippen LogP contribution in [0.25, 0.3) is 16.0 Å². The molecule has 1 amide bonds. The molecule has 1 saturated heterocycles. The zero-order valence-corrected chi connectivity index (χ0v) is 19.6. The second kappa shape index (κ2) is 8.94. The van der Waals surface area contributed by atoms with Gasteiger partial charge in [0.15, 0.2) is 10.8 Å². The molecule has 1 fully saturated rings. The lowest BCUT2D eigenvalue weighted by Crippen LogP contribution is -2.36. The monoisotopic (exact) mass is 463 g/mol. The van der Waals surface area contributed by atoms with Crippen LogP contribution in [0.1, 0.15) is 23.2 Å². The molecule has 170 valence electrons. The van der Waals surface area contributed by atoms with Crippen LogP contribution in [0.2, 0.25) is 0 Å². The van der Waals surface area contributed by atoms with E-state index in [1.165, 1.54) is 17.7 Å². The van der Waals surface area contributed by atoms with Crippen LogP contribution in [0.4, 0.5) is 9.52 Å². The molecule has 0 saturated carbocycles.